The Morgan fingerprint density at radius 1 is 1.20 bits per heavy atom. The van der Waals surface area contributed by atoms with Crippen LogP contribution in [0.15, 0.2) is 43.2 Å². The van der Waals surface area contributed by atoms with E-state index in [-0.39, 0.29) is 6.61 Å². The molecule has 8 nitrogen and oxygen atoms in total. The van der Waals surface area contributed by atoms with Crippen LogP contribution in [0.3, 0.4) is 0 Å². The summed E-state index contributed by atoms with van der Waals surface area (Å²) in [6.07, 6.45) is 6.93. The zero-order valence-electron chi connectivity index (χ0n) is 13.6. The third-order valence-electron chi connectivity index (χ3n) is 3.90. The van der Waals surface area contributed by atoms with Gasteiger partial charge in [0, 0.05) is 35.5 Å². The van der Waals surface area contributed by atoms with E-state index in [1.807, 2.05) is 31.5 Å². The number of aromatic nitrogens is 6. The highest BCUT2D eigenvalue weighted by Crippen LogP contribution is 2.33. The van der Waals surface area contributed by atoms with Crippen LogP contribution in [0, 0.1) is 6.92 Å². The number of aliphatic hydroxyl groups excluding tert-OH is 1. The van der Waals surface area contributed by atoms with Crippen LogP contribution in [0.4, 0.5) is 5.82 Å². The lowest BCUT2D eigenvalue weighted by molar-refractivity contribution is 0.311. The highest BCUT2D eigenvalue weighted by Gasteiger charge is 2.15. The quantitative estimate of drug-likeness (QED) is 0.515. The smallest absolute Gasteiger partial charge is 0.147 e. The summed E-state index contributed by atoms with van der Waals surface area (Å²) in [7, 11) is 0. The van der Waals surface area contributed by atoms with Gasteiger partial charge in [0.1, 0.15) is 29.9 Å². The molecule has 126 valence electrons. The van der Waals surface area contributed by atoms with E-state index in [0.29, 0.717) is 12.4 Å². The van der Waals surface area contributed by atoms with Gasteiger partial charge in [-0.2, -0.15) is 0 Å². The van der Waals surface area contributed by atoms with Crippen LogP contribution < -0.4 is 5.32 Å². The van der Waals surface area contributed by atoms with Crippen LogP contribution in [-0.4, -0.2) is 48.0 Å². The van der Waals surface area contributed by atoms with Crippen molar-refractivity contribution in [3.05, 3.63) is 48.8 Å². The van der Waals surface area contributed by atoms with Crippen LogP contribution in [0.1, 0.15) is 5.56 Å². The van der Waals surface area contributed by atoms with Gasteiger partial charge in [0.2, 0.25) is 0 Å². The highest BCUT2D eigenvalue weighted by atomic mass is 16.3. The molecule has 0 aliphatic heterocycles. The molecule has 0 bridgehead atoms. The maximum atomic E-state index is 9.07. The van der Waals surface area contributed by atoms with E-state index in [1.165, 1.54) is 0 Å². The van der Waals surface area contributed by atoms with Crippen LogP contribution in [-0.2, 0) is 0 Å². The van der Waals surface area contributed by atoms with E-state index < -0.39 is 0 Å². The van der Waals surface area contributed by atoms with E-state index in [4.69, 9.17) is 5.11 Å². The average molecular weight is 335 g/mol. The number of fused-ring (bicyclic) bond motifs is 1. The van der Waals surface area contributed by atoms with Gasteiger partial charge in [0.15, 0.2) is 0 Å². The lowest BCUT2D eigenvalue weighted by atomic mass is 10.0. The fourth-order valence-corrected chi connectivity index (χ4v) is 2.81. The number of rotatable bonds is 5. The summed E-state index contributed by atoms with van der Waals surface area (Å²) >= 11 is 0. The number of aromatic amines is 1. The van der Waals surface area contributed by atoms with Crippen molar-refractivity contribution in [1.29, 1.82) is 0 Å². The topological polar surface area (TPSA) is 105 Å². The number of anilines is 1. The van der Waals surface area contributed by atoms with Crippen molar-refractivity contribution in [3.63, 3.8) is 0 Å². The standard InChI is InChI=1S/C17H17N7O/c1-11-6-14(17(20-8-11)24-9-21-22-10-24)13-7-15(18-4-5-25)23-16-12(13)2-3-19-16/h2-3,6-10,25H,4-5H2,1H3,(H2,18,19,23). The number of aryl methyl sites for hydroxylation is 1. The Kier molecular flexibility index (Phi) is 3.87. The number of hydrogen-bond donors (Lipinski definition) is 3. The maximum absolute atomic E-state index is 9.07. The van der Waals surface area contributed by atoms with Gasteiger partial charge in [-0.05, 0) is 30.7 Å². The number of pyridine rings is 2. The van der Waals surface area contributed by atoms with Crippen molar-refractivity contribution in [2.75, 3.05) is 18.5 Å². The molecular weight excluding hydrogens is 318 g/mol. The molecule has 4 aromatic rings. The monoisotopic (exact) mass is 335 g/mol. The molecule has 25 heavy (non-hydrogen) atoms. The second-order valence-corrected chi connectivity index (χ2v) is 5.70. The zero-order chi connectivity index (χ0) is 17.2. The molecule has 0 atom stereocenters. The van der Waals surface area contributed by atoms with E-state index in [0.717, 1.165) is 33.5 Å². The van der Waals surface area contributed by atoms with Gasteiger partial charge < -0.3 is 15.4 Å². The first-order valence-corrected chi connectivity index (χ1v) is 7.91. The van der Waals surface area contributed by atoms with Gasteiger partial charge in [0.25, 0.3) is 0 Å². The minimum Gasteiger partial charge on any atom is -0.395 e. The second kappa shape index (κ2) is 6.33. The van der Waals surface area contributed by atoms with E-state index in [1.54, 1.807) is 17.2 Å². The Morgan fingerprint density at radius 2 is 2.04 bits per heavy atom. The van der Waals surface area contributed by atoms with Crippen molar-refractivity contribution in [2.24, 2.45) is 0 Å². The van der Waals surface area contributed by atoms with Gasteiger partial charge in [-0.1, -0.05) is 0 Å². The van der Waals surface area contributed by atoms with E-state index >= 15 is 0 Å². The molecule has 0 aromatic carbocycles. The number of aliphatic hydroxyl groups is 1. The first kappa shape index (κ1) is 15.3. The Labute approximate surface area is 143 Å². The minimum absolute atomic E-state index is 0.0394. The molecule has 0 amide bonds. The molecule has 0 aliphatic carbocycles. The molecule has 4 rings (SSSR count). The van der Waals surface area contributed by atoms with Crippen LogP contribution in [0.5, 0.6) is 0 Å². The maximum Gasteiger partial charge on any atom is 0.147 e. The van der Waals surface area contributed by atoms with E-state index in [2.05, 4.69) is 36.5 Å². The van der Waals surface area contributed by atoms with E-state index in [9.17, 15) is 0 Å². The van der Waals surface area contributed by atoms with Crippen molar-refractivity contribution in [2.45, 2.75) is 6.92 Å². The van der Waals surface area contributed by atoms with Crippen LogP contribution in [0.25, 0.3) is 28.0 Å². The summed E-state index contributed by atoms with van der Waals surface area (Å²) in [5, 5.41) is 20.9. The van der Waals surface area contributed by atoms with Crippen molar-refractivity contribution < 1.29 is 5.11 Å². The third-order valence-corrected chi connectivity index (χ3v) is 3.90. The molecule has 0 spiro atoms. The van der Waals surface area contributed by atoms with Crippen LogP contribution >= 0.6 is 0 Å². The molecule has 0 saturated carbocycles. The SMILES string of the molecule is Cc1cnc(-n2cnnc2)c(-c2cc(NCCO)nc3[nH]ccc23)c1. The second-order valence-electron chi connectivity index (χ2n) is 5.70. The van der Waals surface area contributed by atoms with Gasteiger partial charge >= 0.3 is 0 Å². The highest BCUT2D eigenvalue weighted by molar-refractivity contribution is 5.96. The van der Waals surface area contributed by atoms with Gasteiger partial charge in [-0.15, -0.1) is 10.2 Å². The lowest BCUT2D eigenvalue weighted by Crippen LogP contribution is -2.07. The van der Waals surface area contributed by atoms with Gasteiger partial charge in [-0.3, -0.25) is 4.57 Å². The Morgan fingerprint density at radius 3 is 2.84 bits per heavy atom. The van der Waals surface area contributed by atoms with Gasteiger partial charge in [-0.25, -0.2) is 9.97 Å². The molecule has 8 heteroatoms. The Balaban J connectivity index is 1.95. The molecule has 0 saturated heterocycles. The Bertz CT molecular complexity index is 1010. The normalized spacial score (nSPS) is 11.1. The average Bonchev–Trinajstić information content (AvgIpc) is 3.30. The summed E-state index contributed by atoms with van der Waals surface area (Å²) in [6.45, 7) is 2.48. The minimum atomic E-state index is 0.0394. The third kappa shape index (κ3) is 2.83. The summed E-state index contributed by atoms with van der Waals surface area (Å²) in [6, 6.07) is 6.04. The number of hydrogen-bond acceptors (Lipinski definition) is 6. The summed E-state index contributed by atoms with van der Waals surface area (Å²) in [4.78, 5) is 12.3. The summed E-state index contributed by atoms with van der Waals surface area (Å²) < 4.78 is 1.79. The molecule has 0 radical (unpaired) electrons. The zero-order valence-corrected chi connectivity index (χ0v) is 13.6. The molecule has 0 unspecified atom stereocenters. The first-order valence-electron chi connectivity index (χ1n) is 7.91. The predicted molar refractivity (Wildman–Crippen MR) is 94.6 cm³/mol. The number of H-pyrrole nitrogens is 1. The molecule has 4 aromatic heterocycles. The molecule has 4 heterocycles. The number of nitrogens with zero attached hydrogens (tertiary/aromatic N) is 5. The fourth-order valence-electron chi connectivity index (χ4n) is 2.81. The lowest BCUT2D eigenvalue weighted by Gasteiger charge is -2.13. The number of nitrogens with one attached hydrogen (secondary N) is 2. The molecule has 0 aliphatic rings. The first-order chi connectivity index (χ1) is 12.3. The molecule has 0 fully saturated rings. The fraction of sp³-hybridized carbons (Fsp3) is 0.176. The van der Waals surface area contributed by atoms with Crippen LogP contribution in [0.2, 0.25) is 0 Å². The Hall–Kier alpha value is -3.26. The van der Waals surface area contributed by atoms with Crippen molar-refractivity contribution >= 4 is 16.9 Å². The predicted octanol–water partition coefficient (Wildman–Crippen LogP) is 1.92. The largest absolute Gasteiger partial charge is 0.395 e. The van der Waals surface area contributed by atoms with Gasteiger partial charge in [0.05, 0.1) is 6.61 Å². The summed E-state index contributed by atoms with van der Waals surface area (Å²) in [5.74, 6) is 1.44. The summed E-state index contributed by atoms with van der Waals surface area (Å²) in [5.41, 5.74) is 3.77. The molecule has 3 N–H and O–H groups in total. The van der Waals surface area contributed by atoms with Crippen molar-refractivity contribution in [1.82, 2.24) is 29.7 Å². The molecular formula is C17H17N7O. The van der Waals surface area contributed by atoms with Crippen molar-refractivity contribution in [3.8, 4) is 16.9 Å².